The first-order chi connectivity index (χ1) is 14.5. The SMILES string of the molecule is CCCc1noc(C(C)Sc2nc3ccccc3c(=O)n2-c2ccc(C)cc2C)n1. The Hall–Kier alpha value is -2.93. The summed E-state index contributed by atoms with van der Waals surface area (Å²) < 4.78 is 7.15. The first-order valence-electron chi connectivity index (χ1n) is 10.1. The second-order valence-electron chi connectivity index (χ2n) is 7.40. The number of hydrogen-bond donors (Lipinski definition) is 0. The molecule has 154 valence electrons. The van der Waals surface area contributed by atoms with E-state index >= 15 is 0 Å². The summed E-state index contributed by atoms with van der Waals surface area (Å²) in [5.74, 6) is 1.25. The lowest BCUT2D eigenvalue weighted by atomic mass is 10.1. The molecule has 1 atom stereocenters. The molecule has 4 rings (SSSR count). The summed E-state index contributed by atoms with van der Waals surface area (Å²) >= 11 is 1.45. The molecule has 0 saturated heterocycles. The van der Waals surface area contributed by atoms with Gasteiger partial charge in [0.05, 0.1) is 21.8 Å². The molecule has 6 nitrogen and oxygen atoms in total. The average Bonchev–Trinajstić information content (AvgIpc) is 3.18. The maximum Gasteiger partial charge on any atom is 0.266 e. The van der Waals surface area contributed by atoms with Crippen LogP contribution in [0.3, 0.4) is 0 Å². The molecule has 0 fully saturated rings. The van der Waals surface area contributed by atoms with Crippen molar-refractivity contribution in [2.45, 2.75) is 50.9 Å². The fourth-order valence-corrected chi connectivity index (χ4v) is 4.38. The largest absolute Gasteiger partial charge is 0.338 e. The minimum absolute atomic E-state index is 0.0838. The molecule has 0 saturated carbocycles. The highest BCUT2D eigenvalue weighted by Crippen LogP contribution is 2.34. The molecule has 0 amide bonds. The number of rotatable bonds is 6. The van der Waals surface area contributed by atoms with Gasteiger partial charge in [0, 0.05) is 6.42 Å². The van der Waals surface area contributed by atoms with E-state index < -0.39 is 0 Å². The summed E-state index contributed by atoms with van der Waals surface area (Å²) in [5.41, 5.74) is 3.59. The van der Waals surface area contributed by atoms with Crippen molar-refractivity contribution in [2.75, 3.05) is 0 Å². The third-order valence-corrected chi connectivity index (χ3v) is 5.97. The molecule has 0 aliphatic carbocycles. The highest BCUT2D eigenvalue weighted by molar-refractivity contribution is 7.99. The van der Waals surface area contributed by atoms with Crippen LogP contribution in [0.4, 0.5) is 0 Å². The van der Waals surface area contributed by atoms with E-state index in [9.17, 15) is 4.79 Å². The number of para-hydroxylation sites is 1. The predicted molar refractivity (Wildman–Crippen MR) is 119 cm³/mol. The molecule has 0 radical (unpaired) electrons. The summed E-state index contributed by atoms with van der Waals surface area (Å²) in [4.78, 5) is 22.8. The number of benzene rings is 2. The Balaban J connectivity index is 1.84. The molecule has 2 aromatic heterocycles. The molecule has 30 heavy (non-hydrogen) atoms. The Morgan fingerprint density at radius 1 is 1.13 bits per heavy atom. The van der Waals surface area contributed by atoms with Gasteiger partial charge in [-0.25, -0.2) is 4.98 Å². The van der Waals surface area contributed by atoms with Gasteiger partial charge >= 0.3 is 0 Å². The predicted octanol–water partition coefficient (Wildman–Crippen LogP) is 5.19. The topological polar surface area (TPSA) is 73.8 Å². The number of fused-ring (bicyclic) bond motifs is 1. The third kappa shape index (κ3) is 3.89. The Morgan fingerprint density at radius 3 is 2.70 bits per heavy atom. The smallest absolute Gasteiger partial charge is 0.266 e. The van der Waals surface area contributed by atoms with Crippen molar-refractivity contribution in [3.05, 3.63) is 75.7 Å². The van der Waals surface area contributed by atoms with Crippen LogP contribution in [0.5, 0.6) is 0 Å². The van der Waals surface area contributed by atoms with E-state index in [4.69, 9.17) is 9.51 Å². The van der Waals surface area contributed by atoms with Crippen LogP contribution in [0.2, 0.25) is 0 Å². The quantitative estimate of drug-likeness (QED) is 0.316. The molecule has 0 spiro atoms. The molecule has 0 N–H and O–H groups in total. The van der Waals surface area contributed by atoms with E-state index in [1.54, 1.807) is 4.57 Å². The van der Waals surface area contributed by atoms with E-state index in [1.165, 1.54) is 11.8 Å². The van der Waals surface area contributed by atoms with Gasteiger partial charge in [0.1, 0.15) is 0 Å². The average molecular weight is 421 g/mol. The third-order valence-electron chi connectivity index (χ3n) is 4.93. The van der Waals surface area contributed by atoms with Crippen molar-refractivity contribution < 1.29 is 4.52 Å². The van der Waals surface area contributed by atoms with Crippen LogP contribution >= 0.6 is 11.8 Å². The lowest BCUT2D eigenvalue weighted by Crippen LogP contribution is -2.22. The molecule has 2 heterocycles. The molecule has 4 aromatic rings. The second-order valence-corrected chi connectivity index (χ2v) is 8.71. The summed E-state index contributed by atoms with van der Waals surface area (Å²) in [7, 11) is 0. The Kier molecular flexibility index (Phi) is 5.72. The summed E-state index contributed by atoms with van der Waals surface area (Å²) in [5, 5.41) is 5.11. The van der Waals surface area contributed by atoms with E-state index in [1.807, 2.05) is 57.2 Å². The number of nitrogens with zero attached hydrogens (tertiary/aromatic N) is 4. The standard InChI is InChI=1S/C23H24N4O2S/c1-5-8-20-25-21(29-26-20)16(4)30-23-24-18-10-7-6-9-17(18)22(28)27(23)19-12-11-14(2)13-15(19)3/h6-7,9-13,16H,5,8H2,1-4H3. The minimum atomic E-state index is -0.145. The monoisotopic (exact) mass is 420 g/mol. The zero-order chi connectivity index (χ0) is 21.3. The van der Waals surface area contributed by atoms with E-state index in [0.29, 0.717) is 27.8 Å². The van der Waals surface area contributed by atoms with Gasteiger partial charge in [-0.15, -0.1) is 0 Å². The Morgan fingerprint density at radius 2 is 1.93 bits per heavy atom. The van der Waals surface area contributed by atoms with Gasteiger partial charge in [-0.1, -0.05) is 53.7 Å². The van der Waals surface area contributed by atoms with Crippen molar-refractivity contribution in [1.29, 1.82) is 0 Å². The fourth-order valence-electron chi connectivity index (χ4n) is 3.43. The summed E-state index contributed by atoms with van der Waals surface area (Å²) in [6, 6.07) is 13.5. The molecular formula is C23H24N4O2S. The molecule has 0 aliphatic heterocycles. The zero-order valence-corrected chi connectivity index (χ0v) is 18.4. The van der Waals surface area contributed by atoms with E-state index in [0.717, 1.165) is 29.7 Å². The van der Waals surface area contributed by atoms with Crippen molar-refractivity contribution in [2.24, 2.45) is 0 Å². The van der Waals surface area contributed by atoms with Gasteiger partial charge in [0.15, 0.2) is 11.0 Å². The van der Waals surface area contributed by atoms with Crippen LogP contribution in [-0.2, 0) is 6.42 Å². The van der Waals surface area contributed by atoms with Crippen LogP contribution in [0, 0.1) is 13.8 Å². The molecule has 0 aliphatic rings. The van der Waals surface area contributed by atoms with Crippen LogP contribution in [0.15, 0.2) is 56.9 Å². The summed E-state index contributed by atoms with van der Waals surface area (Å²) in [6.07, 6.45) is 1.74. The second kappa shape index (κ2) is 8.44. The van der Waals surface area contributed by atoms with Crippen molar-refractivity contribution >= 4 is 22.7 Å². The van der Waals surface area contributed by atoms with E-state index in [2.05, 4.69) is 23.1 Å². The Bertz CT molecular complexity index is 1260. The van der Waals surface area contributed by atoms with Crippen molar-refractivity contribution in [1.82, 2.24) is 19.7 Å². The number of hydrogen-bond acceptors (Lipinski definition) is 6. The maximum absolute atomic E-state index is 13.5. The fraction of sp³-hybridized carbons (Fsp3) is 0.304. The van der Waals surface area contributed by atoms with E-state index in [-0.39, 0.29) is 10.8 Å². The van der Waals surface area contributed by atoms with Crippen molar-refractivity contribution in [3.63, 3.8) is 0 Å². The lowest BCUT2D eigenvalue weighted by molar-refractivity contribution is 0.374. The minimum Gasteiger partial charge on any atom is -0.338 e. The van der Waals surface area contributed by atoms with Gasteiger partial charge in [0.25, 0.3) is 5.56 Å². The molecule has 1 unspecified atom stereocenters. The van der Waals surface area contributed by atoms with Crippen LogP contribution < -0.4 is 5.56 Å². The van der Waals surface area contributed by atoms with Crippen LogP contribution in [-0.4, -0.2) is 19.7 Å². The van der Waals surface area contributed by atoms with Crippen LogP contribution in [0.25, 0.3) is 16.6 Å². The van der Waals surface area contributed by atoms with Gasteiger partial charge in [0.2, 0.25) is 5.89 Å². The van der Waals surface area contributed by atoms with Gasteiger partial charge in [-0.2, -0.15) is 4.98 Å². The van der Waals surface area contributed by atoms with Gasteiger partial charge in [-0.3, -0.25) is 9.36 Å². The molecule has 7 heteroatoms. The molecular weight excluding hydrogens is 396 g/mol. The highest BCUT2D eigenvalue weighted by atomic mass is 32.2. The first-order valence-corrected chi connectivity index (χ1v) is 10.9. The maximum atomic E-state index is 13.5. The summed E-state index contributed by atoms with van der Waals surface area (Å²) in [6.45, 7) is 8.12. The first kappa shape index (κ1) is 20.3. The number of aryl methyl sites for hydroxylation is 3. The van der Waals surface area contributed by atoms with Crippen molar-refractivity contribution in [3.8, 4) is 5.69 Å². The number of aromatic nitrogens is 4. The highest BCUT2D eigenvalue weighted by Gasteiger charge is 2.21. The normalized spacial score (nSPS) is 12.4. The van der Waals surface area contributed by atoms with Crippen LogP contribution in [0.1, 0.15) is 48.4 Å². The Labute approximate surface area is 179 Å². The van der Waals surface area contributed by atoms with Gasteiger partial charge < -0.3 is 4.52 Å². The zero-order valence-electron chi connectivity index (χ0n) is 17.5. The number of thioether (sulfide) groups is 1. The molecule has 0 bridgehead atoms. The lowest BCUT2D eigenvalue weighted by Gasteiger charge is -2.17. The van der Waals surface area contributed by atoms with Gasteiger partial charge in [-0.05, 0) is 51.0 Å². The molecule has 2 aromatic carbocycles.